The first-order chi connectivity index (χ1) is 13.0. The zero-order valence-corrected chi connectivity index (χ0v) is 18.8. The molecule has 0 atom stereocenters. The summed E-state index contributed by atoms with van der Waals surface area (Å²) < 4.78 is 6.79. The number of aromatic nitrogens is 1. The van der Waals surface area contributed by atoms with Gasteiger partial charge in [0.2, 0.25) is 0 Å². The van der Waals surface area contributed by atoms with Gasteiger partial charge < -0.3 is 10.1 Å². The minimum Gasteiger partial charge on any atom is -0.496 e. The average Bonchev–Trinajstić information content (AvgIpc) is 3.10. The van der Waals surface area contributed by atoms with Crippen molar-refractivity contribution in [1.29, 1.82) is 0 Å². The van der Waals surface area contributed by atoms with Crippen LogP contribution < -0.4 is 15.4 Å². The molecule has 1 heterocycles. The van der Waals surface area contributed by atoms with Crippen LogP contribution in [0.4, 0.5) is 5.13 Å². The number of benzene rings is 2. The van der Waals surface area contributed by atoms with E-state index in [4.69, 9.17) is 17.0 Å². The number of halogens is 2. The van der Waals surface area contributed by atoms with Crippen LogP contribution in [0.25, 0.3) is 11.3 Å². The number of anilines is 1. The summed E-state index contributed by atoms with van der Waals surface area (Å²) in [5, 5.41) is 8.29. The molecule has 0 fully saturated rings. The van der Waals surface area contributed by atoms with E-state index in [9.17, 15) is 4.79 Å². The predicted molar refractivity (Wildman–Crippen MR) is 120 cm³/mol. The number of carbonyl (C=O) groups excluding carboxylic acids is 1. The second kappa shape index (κ2) is 8.92. The van der Waals surface area contributed by atoms with Crippen LogP contribution in [0.1, 0.15) is 10.4 Å². The monoisotopic (exact) mass is 525 g/mol. The Labute approximate surface area is 182 Å². The summed E-state index contributed by atoms with van der Waals surface area (Å²) in [6, 6.07) is 12.9. The molecule has 3 aromatic rings. The number of thiazole rings is 1. The van der Waals surface area contributed by atoms with Crippen molar-refractivity contribution in [3.63, 3.8) is 0 Å². The summed E-state index contributed by atoms with van der Waals surface area (Å²) in [5.74, 6) is 0.458. The molecule has 138 valence electrons. The molecule has 0 aliphatic heterocycles. The van der Waals surface area contributed by atoms with E-state index in [0.717, 1.165) is 21.5 Å². The first-order valence-electron chi connectivity index (χ1n) is 7.64. The molecule has 9 heteroatoms. The quantitative estimate of drug-likeness (QED) is 0.441. The van der Waals surface area contributed by atoms with Gasteiger partial charge in [0.05, 0.1) is 22.8 Å². The molecule has 5 nitrogen and oxygen atoms in total. The number of amides is 1. The molecule has 1 aromatic heterocycles. The Hall–Kier alpha value is -1.81. The lowest BCUT2D eigenvalue weighted by Crippen LogP contribution is -2.34. The third-order valence-electron chi connectivity index (χ3n) is 3.52. The summed E-state index contributed by atoms with van der Waals surface area (Å²) in [5.41, 5.74) is 2.24. The number of thiocarbonyl (C=S) groups is 1. The molecule has 2 N–H and O–H groups in total. The van der Waals surface area contributed by atoms with Gasteiger partial charge in [-0.25, -0.2) is 4.98 Å². The molecular weight excluding hydrogens is 514 g/mol. The SMILES string of the molecule is COc1ccc(-c2csc(NC(=S)NC(=O)c3ccccc3Br)n2)cc1Br. The number of hydrogen-bond donors (Lipinski definition) is 2. The van der Waals surface area contributed by atoms with Crippen molar-refractivity contribution in [2.45, 2.75) is 0 Å². The molecule has 1 amide bonds. The number of ether oxygens (including phenoxy) is 1. The normalized spacial score (nSPS) is 10.3. The highest BCUT2D eigenvalue weighted by Gasteiger charge is 2.13. The van der Waals surface area contributed by atoms with Gasteiger partial charge in [-0.05, 0) is 74.4 Å². The molecule has 0 radical (unpaired) electrons. The summed E-state index contributed by atoms with van der Waals surface area (Å²) in [6.07, 6.45) is 0. The maximum absolute atomic E-state index is 12.3. The molecular formula is C18H13Br2N3O2S2. The van der Waals surface area contributed by atoms with Crippen molar-refractivity contribution in [3.05, 3.63) is 62.4 Å². The van der Waals surface area contributed by atoms with E-state index in [1.54, 1.807) is 25.3 Å². The molecule has 3 rings (SSSR count). The van der Waals surface area contributed by atoms with Crippen LogP contribution in [-0.2, 0) is 0 Å². The van der Waals surface area contributed by atoms with Crippen molar-refractivity contribution in [1.82, 2.24) is 10.3 Å². The van der Waals surface area contributed by atoms with Crippen LogP contribution in [0.3, 0.4) is 0 Å². The Morgan fingerprint density at radius 2 is 1.96 bits per heavy atom. The second-order valence-electron chi connectivity index (χ2n) is 5.28. The van der Waals surface area contributed by atoms with Crippen molar-refractivity contribution in [2.75, 3.05) is 12.4 Å². The molecule has 0 aliphatic rings. The van der Waals surface area contributed by atoms with Crippen molar-refractivity contribution in [2.24, 2.45) is 0 Å². The number of nitrogens with zero attached hydrogens (tertiary/aromatic N) is 1. The molecule has 27 heavy (non-hydrogen) atoms. The van der Waals surface area contributed by atoms with Crippen molar-refractivity contribution < 1.29 is 9.53 Å². The van der Waals surface area contributed by atoms with Gasteiger partial charge in [0.1, 0.15) is 5.75 Å². The van der Waals surface area contributed by atoms with Crippen LogP contribution in [-0.4, -0.2) is 23.1 Å². The zero-order valence-electron chi connectivity index (χ0n) is 14.0. The Morgan fingerprint density at radius 1 is 1.19 bits per heavy atom. The Morgan fingerprint density at radius 3 is 2.67 bits per heavy atom. The van der Waals surface area contributed by atoms with Gasteiger partial charge in [0, 0.05) is 15.4 Å². The van der Waals surface area contributed by atoms with E-state index >= 15 is 0 Å². The van der Waals surface area contributed by atoms with Crippen LogP contribution in [0.2, 0.25) is 0 Å². The molecule has 0 saturated carbocycles. The van der Waals surface area contributed by atoms with Gasteiger partial charge in [0.25, 0.3) is 5.91 Å². The van der Waals surface area contributed by atoms with Gasteiger partial charge in [-0.2, -0.15) is 0 Å². The van der Waals surface area contributed by atoms with Crippen molar-refractivity contribution in [3.8, 4) is 17.0 Å². The van der Waals surface area contributed by atoms with Crippen LogP contribution in [0.15, 0.2) is 56.8 Å². The van der Waals surface area contributed by atoms with Crippen LogP contribution in [0, 0.1) is 0 Å². The largest absolute Gasteiger partial charge is 0.496 e. The van der Waals surface area contributed by atoms with E-state index in [1.807, 2.05) is 29.6 Å². The highest BCUT2D eigenvalue weighted by Crippen LogP contribution is 2.32. The van der Waals surface area contributed by atoms with Gasteiger partial charge in [-0.3, -0.25) is 10.1 Å². The van der Waals surface area contributed by atoms with Gasteiger partial charge in [-0.15, -0.1) is 11.3 Å². The topological polar surface area (TPSA) is 63.2 Å². The Kier molecular flexibility index (Phi) is 6.59. The second-order valence-corrected chi connectivity index (χ2v) is 8.25. The van der Waals surface area contributed by atoms with Crippen molar-refractivity contribution >= 4 is 71.6 Å². The molecule has 2 aromatic carbocycles. The first kappa shape index (κ1) is 19.9. The maximum Gasteiger partial charge on any atom is 0.258 e. The number of nitrogens with one attached hydrogen (secondary N) is 2. The summed E-state index contributed by atoms with van der Waals surface area (Å²) in [7, 11) is 1.62. The highest BCUT2D eigenvalue weighted by molar-refractivity contribution is 9.10. The molecule has 0 saturated heterocycles. The maximum atomic E-state index is 12.3. The molecule has 0 spiro atoms. The van der Waals surface area contributed by atoms with E-state index in [-0.39, 0.29) is 11.0 Å². The van der Waals surface area contributed by atoms with Crippen LogP contribution in [0.5, 0.6) is 5.75 Å². The Bertz CT molecular complexity index is 1010. The lowest BCUT2D eigenvalue weighted by molar-refractivity contribution is 0.0977. The molecule has 0 aliphatic carbocycles. The predicted octanol–water partition coefficient (Wildman–Crippen LogP) is 5.47. The lowest BCUT2D eigenvalue weighted by atomic mass is 10.2. The molecule has 0 bridgehead atoms. The van der Waals surface area contributed by atoms with Gasteiger partial charge >= 0.3 is 0 Å². The summed E-state index contributed by atoms with van der Waals surface area (Å²) >= 11 is 13.4. The zero-order chi connectivity index (χ0) is 19.4. The van der Waals surface area contributed by atoms with E-state index in [0.29, 0.717) is 15.2 Å². The number of hydrogen-bond acceptors (Lipinski definition) is 5. The fourth-order valence-corrected chi connectivity index (χ4v) is 4.22. The number of rotatable bonds is 4. The minimum atomic E-state index is -0.296. The fourth-order valence-electron chi connectivity index (χ4n) is 2.23. The summed E-state index contributed by atoms with van der Waals surface area (Å²) in [6.45, 7) is 0. The van der Waals surface area contributed by atoms with E-state index < -0.39 is 0 Å². The molecule has 0 unspecified atom stereocenters. The van der Waals surface area contributed by atoms with E-state index in [2.05, 4.69) is 47.5 Å². The standard InChI is InChI=1S/C18H13Br2N3O2S2/c1-25-15-7-6-10(8-13(15)20)14-9-27-18(21-14)23-17(26)22-16(24)11-4-2-3-5-12(11)19/h2-9H,1H3,(H2,21,22,23,24,26). The smallest absolute Gasteiger partial charge is 0.258 e. The highest BCUT2D eigenvalue weighted by atomic mass is 79.9. The minimum absolute atomic E-state index is 0.188. The number of methoxy groups -OCH3 is 1. The number of carbonyl (C=O) groups is 1. The lowest BCUT2D eigenvalue weighted by Gasteiger charge is -2.08. The fraction of sp³-hybridized carbons (Fsp3) is 0.0556. The third kappa shape index (κ3) is 4.92. The average molecular weight is 527 g/mol. The van der Waals surface area contributed by atoms with Gasteiger partial charge in [0.15, 0.2) is 10.2 Å². The van der Waals surface area contributed by atoms with Crippen LogP contribution >= 0.6 is 55.4 Å². The van der Waals surface area contributed by atoms with E-state index in [1.165, 1.54) is 11.3 Å². The summed E-state index contributed by atoms with van der Waals surface area (Å²) in [4.78, 5) is 16.8. The Balaban J connectivity index is 1.67. The first-order valence-corrected chi connectivity index (χ1v) is 10.5. The third-order valence-corrected chi connectivity index (χ3v) is 5.79. The van der Waals surface area contributed by atoms with Gasteiger partial charge in [-0.1, -0.05) is 12.1 Å².